The fraction of sp³-hybridized carbons (Fsp3) is 0.417. The summed E-state index contributed by atoms with van der Waals surface area (Å²) in [6.45, 7) is 7.43. The zero-order chi connectivity index (χ0) is 22.1. The van der Waals surface area contributed by atoms with E-state index in [-0.39, 0.29) is 5.91 Å². The predicted octanol–water partition coefficient (Wildman–Crippen LogP) is 3.89. The maximum atomic E-state index is 12.4. The van der Waals surface area contributed by atoms with E-state index in [0.29, 0.717) is 23.6 Å². The van der Waals surface area contributed by atoms with E-state index in [0.717, 1.165) is 44.8 Å². The molecule has 0 radical (unpaired) electrons. The largest absolute Gasteiger partial charge is 0.494 e. The van der Waals surface area contributed by atoms with Crippen LogP contribution in [0.15, 0.2) is 48.5 Å². The van der Waals surface area contributed by atoms with Gasteiger partial charge in [-0.05, 0) is 61.9 Å². The molecule has 0 saturated carbocycles. The normalized spacial score (nSPS) is 14.6. The summed E-state index contributed by atoms with van der Waals surface area (Å²) in [5.74, 6) is -0.228. The van der Waals surface area contributed by atoms with Gasteiger partial charge >= 0.3 is 5.97 Å². The van der Waals surface area contributed by atoms with Crippen LogP contribution in [0.2, 0.25) is 0 Å². The second-order valence-electron chi connectivity index (χ2n) is 7.41. The van der Waals surface area contributed by atoms with Crippen molar-refractivity contribution in [2.45, 2.75) is 32.8 Å². The lowest BCUT2D eigenvalue weighted by atomic mass is 10.2. The lowest BCUT2D eigenvalue weighted by Crippen LogP contribution is -2.36. The molecule has 0 aliphatic carbocycles. The van der Waals surface area contributed by atoms with Gasteiger partial charge in [0.05, 0.1) is 25.4 Å². The van der Waals surface area contributed by atoms with Crippen LogP contribution in [-0.4, -0.2) is 50.9 Å². The Balaban J connectivity index is 1.48. The van der Waals surface area contributed by atoms with E-state index < -0.39 is 12.1 Å². The van der Waals surface area contributed by atoms with Crippen molar-refractivity contribution >= 4 is 23.3 Å². The van der Waals surface area contributed by atoms with E-state index in [1.165, 1.54) is 0 Å². The number of benzene rings is 2. The van der Waals surface area contributed by atoms with Gasteiger partial charge in [0, 0.05) is 24.5 Å². The fourth-order valence-electron chi connectivity index (χ4n) is 3.12. The Morgan fingerprint density at radius 3 is 2.39 bits per heavy atom. The van der Waals surface area contributed by atoms with Crippen molar-refractivity contribution in [2.24, 2.45) is 0 Å². The first kappa shape index (κ1) is 22.6. The predicted molar refractivity (Wildman–Crippen MR) is 120 cm³/mol. The topological polar surface area (TPSA) is 77.1 Å². The third-order valence-corrected chi connectivity index (χ3v) is 5.02. The zero-order valence-electron chi connectivity index (χ0n) is 18.1. The molecule has 0 aromatic heterocycles. The van der Waals surface area contributed by atoms with Crippen LogP contribution in [0.3, 0.4) is 0 Å². The summed E-state index contributed by atoms with van der Waals surface area (Å²) in [7, 11) is 0. The van der Waals surface area contributed by atoms with Gasteiger partial charge < -0.3 is 24.4 Å². The molecule has 1 atom stereocenters. The van der Waals surface area contributed by atoms with Gasteiger partial charge in [-0.1, -0.05) is 13.3 Å². The molecule has 2 aromatic carbocycles. The SMILES string of the molecule is CCCCOc1ccc(C(=O)O[C@@H](C)C(=O)Nc2ccc(N3CCOCC3)cc2)cc1. The number of anilines is 2. The molecule has 1 N–H and O–H groups in total. The Morgan fingerprint density at radius 2 is 1.74 bits per heavy atom. The van der Waals surface area contributed by atoms with Crippen molar-refractivity contribution < 1.29 is 23.8 Å². The van der Waals surface area contributed by atoms with Crippen molar-refractivity contribution in [3.05, 3.63) is 54.1 Å². The Bertz CT molecular complexity index is 845. The lowest BCUT2D eigenvalue weighted by Gasteiger charge is -2.28. The summed E-state index contributed by atoms with van der Waals surface area (Å²) in [4.78, 5) is 27.0. The minimum atomic E-state index is -0.924. The minimum Gasteiger partial charge on any atom is -0.494 e. The zero-order valence-corrected chi connectivity index (χ0v) is 18.1. The van der Waals surface area contributed by atoms with Crippen LogP contribution in [0.4, 0.5) is 11.4 Å². The fourth-order valence-corrected chi connectivity index (χ4v) is 3.12. The number of esters is 1. The van der Waals surface area contributed by atoms with E-state index in [9.17, 15) is 9.59 Å². The molecular weight excluding hydrogens is 396 g/mol. The van der Waals surface area contributed by atoms with Crippen molar-refractivity contribution in [3.63, 3.8) is 0 Å². The number of hydrogen-bond acceptors (Lipinski definition) is 6. The van der Waals surface area contributed by atoms with Crippen LogP contribution in [-0.2, 0) is 14.3 Å². The Hall–Kier alpha value is -3.06. The van der Waals surface area contributed by atoms with E-state index in [2.05, 4.69) is 17.1 Å². The molecule has 166 valence electrons. The molecule has 7 nitrogen and oxygen atoms in total. The van der Waals surface area contributed by atoms with Gasteiger partial charge in [-0.25, -0.2) is 4.79 Å². The Kier molecular flexibility index (Phi) is 8.29. The van der Waals surface area contributed by atoms with Gasteiger partial charge in [0.25, 0.3) is 5.91 Å². The first-order valence-corrected chi connectivity index (χ1v) is 10.7. The molecule has 0 spiro atoms. The van der Waals surface area contributed by atoms with Gasteiger partial charge in [0.2, 0.25) is 0 Å². The summed E-state index contributed by atoms with van der Waals surface area (Å²) in [5, 5.41) is 2.79. The van der Waals surface area contributed by atoms with Crippen molar-refractivity contribution in [2.75, 3.05) is 43.1 Å². The molecule has 1 amide bonds. The molecule has 1 aliphatic rings. The number of unbranched alkanes of at least 4 members (excludes halogenated alkanes) is 1. The van der Waals surface area contributed by atoms with Gasteiger partial charge in [0.1, 0.15) is 5.75 Å². The minimum absolute atomic E-state index is 0.373. The summed E-state index contributed by atoms with van der Waals surface area (Å²) in [6.07, 6.45) is 1.11. The van der Waals surface area contributed by atoms with Gasteiger partial charge in [-0.2, -0.15) is 0 Å². The third-order valence-electron chi connectivity index (χ3n) is 5.02. The van der Waals surface area contributed by atoms with Crippen LogP contribution in [0.25, 0.3) is 0 Å². The van der Waals surface area contributed by atoms with Crippen LogP contribution in [0.1, 0.15) is 37.0 Å². The maximum absolute atomic E-state index is 12.4. The lowest BCUT2D eigenvalue weighted by molar-refractivity contribution is -0.123. The second kappa shape index (κ2) is 11.4. The first-order valence-electron chi connectivity index (χ1n) is 10.7. The van der Waals surface area contributed by atoms with Gasteiger partial charge in [-0.15, -0.1) is 0 Å². The molecule has 3 rings (SSSR count). The highest BCUT2D eigenvalue weighted by molar-refractivity contribution is 5.97. The number of amides is 1. The quantitative estimate of drug-likeness (QED) is 0.484. The van der Waals surface area contributed by atoms with E-state index in [1.807, 2.05) is 24.3 Å². The van der Waals surface area contributed by atoms with E-state index in [4.69, 9.17) is 14.2 Å². The number of carbonyl (C=O) groups excluding carboxylic acids is 2. The average molecular weight is 427 g/mol. The molecule has 7 heteroatoms. The standard InChI is InChI=1S/C24H30N2O5/c1-3-4-15-30-22-11-5-19(6-12-22)24(28)31-18(2)23(27)25-20-7-9-21(10-8-20)26-13-16-29-17-14-26/h5-12,18H,3-4,13-17H2,1-2H3,(H,25,27)/t18-/m0/s1. The molecule has 1 heterocycles. The molecule has 1 fully saturated rings. The molecule has 31 heavy (non-hydrogen) atoms. The molecule has 2 aromatic rings. The average Bonchev–Trinajstić information content (AvgIpc) is 2.80. The maximum Gasteiger partial charge on any atom is 0.338 e. The van der Waals surface area contributed by atoms with Crippen molar-refractivity contribution in [3.8, 4) is 5.75 Å². The van der Waals surface area contributed by atoms with Crippen LogP contribution < -0.4 is 15.0 Å². The number of morpholine rings is 1. The van der Waals surface area contributed by atoms with E-state index in [1.54, 1.807) is 31.2 Å². The third kappa shape index (κ3) is 6.72. The Morgan fingerprint density at radius 1 is 1.06 bits per heavy atom. The van der Waals surface area contributed by atoms with E-state index >= 15 is 0 Å². The number of nitrogens with zero attached hydrogens (tertiary/aromatic N) is 1. The Labute approximate surface area is 183 Å². The number of nitrogens with one attached hydrogen (secondary N) is 1. The summed E-state index contributed by atoms with van der Waals surface area (Å²) in [6, 6.07) is 14.3. The number of rotatable bonds is 9. The highest BCUT2D eigenvalue weighted by Gasteiger charge is 2.19. The van der Waals surface area contributed by atoms with Gasteiger partial charge in [0.15, 0.2) is 6.10 Å². The number of hydrogen-bond donors (Lipinski definition) is 1. The molecule has 1 aliphatic heterocycles. The molecule has 0 unspecified atom stereocenters. The van der Waals surface area contributed by atoms with Crippen LogP contribution in [0, 0.1) is 0 Å². The highest BCUT2D eigenvalue weighted by atomic mass is 16.5. The summed E-state index contributed by atoms with van der Waals surface area (Å²) < 4.78 is 16.3. The van der Waals surface area contributed by atoms with Crippen LogP contribution >= 0.6 is 0 Å². The van der Waals surface area contributed by atoms with Crippen LogP contribution in [0.5, 0.6) is 5.75 Å². The summed E-state index contributed by atoms with van der Waals surface area (Å²) in [5.41, 5.74) is 2.11. The monoisotopic (exact) mass is 426 g/mol. The highest BCUT2D eigenvalue weighted by Crippen LogP contribution is 2.19. The number of ether oxygens (including phenoxy) is 3. The first-order chi connectivity index (χ1) is 15.1. The van der Waals surface area contributed by atoms with Crippen molar-refractivity contribution in [1.29, 1.82) is 0 Å². The van der Waals surface area contributed by atoms with Gasteiger partial charge in [-0.3, -0.25) is 4.79 Å². The smallest absolute Gasteiger partial charge is 0.338 e. The molecule has 0 bridgehead atoms. The summed E-state index contributed by atoms with van der Waals surface area (Å²) >= 11 is 0. The molecule has 1 saturated heterocycles. The van der Waals surface area contributed by atoms with Crippen molar-refractivity contribution in [1.82, 2.24) is 0 Å². The molecular formula is C24H30N2O5. The second-order valence-corrected chi connectivity index (χ2v) is 7.41. The number of carbonyl (C=O) groups is 2.